The van der Waals surface area contributed by atoms with Gasteiger partial charge in [0.1, 0.15) is 0 Å². The molecule has 6 atom stereocenters. The number of methoxy groups -OCH3 is 1. The normalized spacial score (nSPS) is 36.4. The van der Waals surface area contributed by atoms with E-state index in [0.29, 0.717) is 17.8 Å². The number of hydrogen-bond donors (Lipinski definition) is 0. The zero-order chi connectivity index (χ0) is 15.9. The van der Waals surface area contributed by atoms with Crippen LogP contribution in [0.25, 0.3) is 0 Å². The van der Waals surface area contributed by atoms with Gasteiger partial charge in [-0.3, -0.25) is 4.79 Å². The molecule has 112 valence electrons. The van der Waals surface area contributed by atoms with E-state index in [1.807, 2.05) is 0 Å². The second-order valence-electron chi connectivity index (χ2n) is 5.36. The van der Waals surface area contributed by atoms with Gasteiger partial charge in [0.15, 0.2) is 0 Å². The molecule has 2 rings (SSSR count). The summed E-state index contributed by atoms with van der Waals surface area (Å²) < 4.78 is 4.90. The average molecular weight is 284 g/mol. The molecule has 0 amide bonds. The van der Waals surface area contributed by atoms with Gasteiger partial charge in [0, 0.05) is 0 Å². The summed E-state index contributed by atoms with van der Waals surface area (Å²) in [5.74, 6) is 3.53. The summed E-state index contributed by atoms with van der Waals surface area (Å²) in [6.07, 6.45) is 1.74. The van der Waals surface area contributed by atoms with Crippen LogP contribution in [0.4, 0.5) is 0 Å². The molecule has 0 aromatic rings. The summed E-state index contributed by atoms with van der Waals surface area (Å²) in [5.41, 5.74) is 0. The van der Waals surface area contributed by atoms with Gasteiger partial charge < -0.3 is 4.74 Å². The Hall–Kier alpha value is -1.77. The van der Waals surface area contributed by atoms with Gasteiger partial charge in [-0.15, -0.1) is 0 Å². The Kier molecular flexibility index (Phi) is 7.67. The number of ether oxygens (including phenoxy) is 1. The van der Waals surface area contributed by atoms with E-state index < -0.39 is 0 Å². The number of hydrogen-bond acceptors (Lipinski definition) is 6. The predicted octanol–water partition coefficient (Wildman–Crippen LogP) is 1.17. The first-order chi connectivity index (χ1) is 9.40. The lowest BCUT2D eigenvalue weighted by atomic mass is 9.70. The first kappa shape index (κ1) is 18.2. The molecule has 2 saturated carbocycles. The summed E-state index contributed by atoms with van der Waals surface area (Å²) in [4.78, 5) is 44.1. The van der Waals surface area contributed by atoms with Crippen LogP contribution in [0, 0.1) is 35.5 Å². The van der Waals surface area contributed by atoms with Crippen LogP contribution in [-0.4, -0.2) is 25.4 Å². The molecule has 2 aliphatic carbocycles. The molecule has 0 radical (unpaired) electrons. The first-order valence-corrected chi connectivity index (χ1v) is 6.47. The van der Waals surface area contributed by atoms with Crippen molar-refractivity contribution in [2.45, 2.75) is 27.2 Å². The maximum Gasteiger partial charge on any atom is 0.373 e. The number of carbonyl (C=O) groups excluding carboxylic acids is 5. The quantitative estimate of drug-likeness (QED) is 0.671. The van der Waals surface area contributed by atoms with Crippen LogP contribution in [0.2, 0.25) is 0 Å². The predicted molar refractivity (Wildman–Crippen MR) is 64.6 cm³/mol. The van der Waals surface area contributed by atoms with E-state index in [1.165, 1.54) is 13.5 Å². The van der Waals surface area contributed by atoms with Gasteiger partial charge in [-0.05, 0) is 36.0 Å². The Morgan fingerprint density at radius 3 is 1.65 bits per heavy atom. The van der Waals surface area contributed by atoms with Gasteiger partial charge in [-0.2, -0.15) is 19.2 Å². The van der Waals surface area contributed by atoms with Gasteiger partial charge in [0.05, 0.1) is 13.0 Å². The van der Waals surface area contributed by atoms with Crippen LogP contribution in [0.15, 0.2) is 0 Å². The average Bonchev–Trinajstić information content (AvgIpc) is 2.88. The van der Waals surface area contributed by atoms with Gasteiger partial charge in [-0.1, -0.05) is 20.8 Å². The summed E-state index contributed by atoms with van der Waals surface area (Å²) in [6.45, 7) is 6.84. The molecular formula is C14H20O6. The van der Waals surface area contributed by atoms with E-state index in [4.69, 9.17) is 23.9 Å². The lowest BCUT2D eigenvalue weighted by molar-refractivity contribution is -0.193. The van der Waals surface area contributed by atoms with Crippen molar-refractivity contribution in [3.8, 4) is 0 Å². The molecule has 0 N–H and O–H groups in total. The monoisotopic (exact) mass is 284 g/mol. The smallest absolute Gasteiger partial charge is 0.373 e. The molecule has 2 bridgehead atoms. The zero-order valence-corrected chi connectivity index (χ0v) is 12.1. The highest BCUT2D eigenvalue weighted by molar-refractivity contribution is 5.73. The number of fused-ring (bicyclic) bond motifs is 2. The fourth-order valence-corrected chi connectivity index (χ4v) is 3.87. The molecule has 6 unspecified atom stereocenters. The van der Waals surface area contributed by atoms with Crippen LogP contribution < -0.4 is 0 Å². The number of rotatable bonds is 1. The molecule has 0 aromatic heterocycles. The molecule has 0 aromatic carbocycles. The van der Waals surface area contributed by atoms with Gasteiger partial charge >= 0.3 is 18.3 Å². The lowest BCUT2D eigenvalue weighted by Crippen LogP contribution is -2.36. The van der Waals surface area contributed by atoms with Crippen molar-refractivity contribution < 1.29 is 28.7 Å². The van der Waals surface area contributed by atoms with E-state index in [2.05, 4.69) is 20.8 Å². The van der Waals surface area contributed by atoms with Crippen molar-refractivity contribution in [2.24, 2.45) is 35.5 Å². The van der Waals surface area contributed by atoms with E-state index in [1.54, 1.807) is 0 Å². The molecule has 0 heterocycles. The molecule has 0 spiro atoms. The van der Waals surface area contributed by atoms with Gasteiger partial charge in [-0.25, -0.2) is 0 Å². The standard InChI is InChI=1S/C12H20O2.2CO2/c1-6-7(2)10-5-9(6)8(3)11(10)12(13)14-4;2*2-1-3/h6-11H,5H2,1-4H3;;. The third kappa shape index (κ3) is 3.62. The SMILES string of the molecule is COC(=O)C1C(C)C2CC1C(C)C2C.O=C=O.O=C=O. The highest BCUT2D eigenvalue weighted by Gasteiger charge is 2.55. The van der Waals surface area contributed by atoms with Crippen molar-refractivity contribution in [3.05, 3.63) is 0 Å². The minimum atomic E-state index is 0.0174. The molecule has 2 fully saturated rings. The minimum absolute atomic E-state index is 0.0174. The Labute approximate surface area is 117 Å². The number of carbonyl (C=O) groups is 1. The van der Waals surface area contributed by atoms with Gasteiger partial charge in [0.2, 0.25) is 0 Å². The first-order valence-electron chi connectivity index (χ1n) is 6.47. The second kappa shape index (κ2) is 8.41. The van der Waals surface area contributed by atoms with Crippen LogP contribution in [0.5, 0.6) is 0 Å². The largest absolute Gasteiger partial charge is 0.469 e. The molecule has 6 heteroatoms. The topological polar surface area (TPSA) is 94.6 Å². The van der Waals surface area contributed by atoms with Crippen molar-refractivity contribution in [1.82, 2.24) is 0 Å². The maximum absolute atomic E-state index is 11.6. The van der Waals surface area contributed by atoms with E-state index in [9.17, 15) is 4.79 Å². The molecular weight excluding hydrogens is 264 g/mol. The highest BCUT2D eigenvalue weighted by Crippen LogP contribution is 2.58. The van der Waals surface area contributed by atoms with Crippen LogP contribution in [0.1, 0.15) is 27.2 Å². The summed E-state index contributed by atoms with van der Waals surface area (Å²) in [7, 11) is 1.51. The van der Waals surface area contributed by atoms with Crippen molar-refractivity contribution in [1.29, 1.82) is 0 Å². The summed E-state index contributed by atoms with van der Waals surface area (Å²) in [5, 5.41) is 0. The maximum atomic E-state index is 11.6. The Bertz CT molecular complexity index is 380. The summed E-state index contributed by atoms with van der Waals surface area (Å²) >= 11 is 0. The molecule has 0 saturated heterocycles. The number of esters is 1. The van der Waals surface area contributed by atoms with Crippen molar-refractivity contribution in [2.75, 3.05) is 7.11 Å². The highest BCUT2D eigenvalue weighted by atomic mass is 16.5. The van der Waals surface area contributed by atoms with Gasteiger partial charge in [0.25, 0.3) is 0 Å². The van der Waals surface area contributed by atoms with Crippen molar-refractivity contribution in [3.63, 3.8) is 0 Å². The fourth-order valence-electron chi connectivity index (χ4n) is 3.87. The Morgan fingerprint density at radius 2 is 1.30 bits per heavy atom. The van der Waals surface area contributed by atoms with Crippen LogP contribution in [0.3, 0.4) is 0 Å². The Morgan fingerprint density at radius 1 is 0.900 bits per heavy atom. The minimum Gasteiger partial charge on any atom is -0.469 e. The lowest BCUT2D eigenvalue weighted by Gasteiger charge is -2.34. The third-order valence-electron chi connectivity index (χ3n) is 4.90. The van der Waals surface area contributed by atoms with Crippen LogP contribution >= 0.6 is 0 Å². The van der Waals surface area contributed by atoms with E-state index >= 15 is 0 Å². The van der Waals surface area contributed by atoms with E-state index in [0.717, 1.165) is 11.8 Å². The molecule has 0 aliphatic heterocycles. The zero-order valence-electron chi connectivity index (χ0n) is 12.1. The molecule has 20 heavy (non-hydrogen) atoms. The Balaban J connectivity index is 0.000000520. The fraction of sp³-hybridized carbons (Fsp3) is 0.786. The van der Waals surface area contributed by atoms with Crippen LogP contribution in [-0.2, 0) is 28.7 Å². The summed E-state index contributed by atoms with van der Waals surface area (Å²) in [6, 6.07) is 0. The van der Waals surface area contributed by atoms with E-state index in [-0.39, 0.29) is 24.2 Å². The third-order valence-corrected chi connectivity index (χ3v) is 4.90. The molecule has 6 nitrogen and oxygen atoms in total. The van der Waals surface area contributed by atoms with Crippen molar-refractivity contribution >= 4 is 18.3 Å². The molecule has 2 aliphatic rings. The second-order valence-corrected chi connectivity index (χ2v) is 5.36.